The van der Waals surface area contributed by atoms with Crippen molar-refractivity contribution in [3.8, 4) is 11.6 Å². The highest BCUT2D eigenvalue weighted by atomic mass is 19.4. The summed E-state index contributed by atoms with van der Waals surface area (Å²) in [7, 11) is 0. The fourth-order valence-corrected chi connectivity index (χ4v) is 1.21. The molecule has 0 aliphatic heterocycles. The molecule has 0 bridgehead atoms. The highest BCUT2D eigenvalue weighted by Gasteiger charge is 2.31. The van der Waals surface area contributed by atoms with Crippen LogP contribution in [-0.4, -0.2) is 30.4 Å². The van der Waals surface area contributed by atoms with E-state index in [9.17, 15) is 13.2 Å². The molecule has 2 heterocycles. The molecule has 0 unspecified atom stereocenters. The van der Waals surface area contributed by atoms with Gasteiger partial charge in [0, 0.05) is 17.8 Å². The van der Waals surface area contributed by atoms with Gasteiger partial charge in [-0.15, -0.1) is 20.4 Å². The van der Waals surface area contributed by atoms with Gasteiger partial charge in [-0.2, -0.15) is 13.2 Å². The van der Waals surface area contributed by atoms with Gasteiger partial charge in [0.1, 0.15) is 0 Å². The van der Waals surface area contributed by atoms with E-state index in [0.717, 1.165) is 0 Å². The van der Waals surface area contributed by atoms with Crippen LogP contribution in [0.3, 0.4) is 0 Å². The highest BCUT2D eigenvalue weighted by Crippen LogP contribution is 2.28. The molecule has 0 N–H and O–H groups in total. The van der Waals surface area contributed by atoms with Crippen molar-refractivity contribution < 1.29 is 13.2 Å². The van der Waals surface area contributed by atoms with Gasteiger partial charge in [-0.1, -0.05) is 20.8 Å². The van der Waals surface area contributed by atoms with Gasteiger partial charge in [-0.05, 0) is 0 Å². The van der Waals surface area contributed by atoms with Crippen LogP contribution in [0.1, 0.15) is 32.2 Å². The summed E-state index contributed by atoms with van der Waals surface area (Å²) < 4.78 is 37.1. The van der Waals surface area contributed by atoms with Gasteiger partial charge in [0.15, 0.2) is 5.82 Å². The minimum atomic E-state index is -4.48. The molecule has 2 aromatic rings. The van der Waals surface area contributed by atoms with Crippen molar-refractivity contribution in [1.82, 2.24) is 30.4 Å². The first-order valence-corrected chi connectivity index (χ1v) is 5.65. The maximum Gasteiger partial charge on any atom is 0.419 e. The highest BCUT2D eigenvalue weighted by molar-refractivity contribution is 5.40. The van der Waals surface area contributed by atoms with Gasteiger partial charge in [-0.25, -0.2) is 9.97 Å². The predicted molar refractivity (Wildman–Crippen MR) is 62.4 cm³/mol. The fourth-order valence-electron chi connectivity index (χ4n) is 1.21. The molecule has 6 nitrogen and oxygen atoms in total. The molecule has 9 heteroatoms. The number of nitrogens with zero attached hydrogens (tertiary/aromatic N) is 6. The number of halogens is 3. The van der Waals surface area contributed by atoms with E-state index in [0.29, 0.717) is 18.2 Å². The standard InChI is InChI=1S/C11H11F3N6/c1-10(2,3)9-19-17-8(18-20-9)7-15-4-6(5-16-7)11(12,13)14/h4-5H,1-3H3. The summed E-state index contributed by atoms with van der Waals surface area (Å²) >= 11 is 0. The topological polar surface area (TPSA) is 77.3 Å². The summed E-state index contributed by atoms with van der Waals surface area (Å²) in [5.41, 5.74) is -1.26. The lowest BCUT2D eigenvalue weighted by molar-refractivity contribution is -0.138. The van der Waals surface area contributed by atoms with E-state index in [1.807, 2.05) is 20.8 Å². The van der Waals surface area contributed by atoms with Gasteiger partial charge in [0.2, 0.25) is 11.6 Å². The van der Waals surface area contributed by atoms with E-state index in [4.69, 9.17) is 0 Å². The second-order valence-electron chi connectivity index (χ2n) is 5.09. The van der Waals surface area contributed by atoms with Crippen molar-refractivity contribution >= 4 is 0 Å². The monoisotopic (exact) mass is 284 g/mol. The number of alkyl halides is 3. The van der Waals surface area contributed by atoms with Crippen molar-refractivity contribution in [2.45, 2.75) is 32.4 Å². The average Bonchev–Trinajstić information content (AvgIpc) is 2.37. The van der Waals surface area contributed by atoms with E-state index in [-0.39, 0.29) is 17.1 Å². The van der Waals surface area contributed by atoms with E-state index in [1.54, 1.807) is 0 Å². The first kappa shape index (κ1) is 14.2. The Balaban J connectivity index is 2.29. The Hall–Kier alpha value is -2.19. The van der Waals surface area contributed by atoms with Crippen molar-refractivity contribution in [2.24, 2.45) is 0 Å². The molecule has 0 saturated heterocycles. The minimum absolute atomic E-state index is 0.0216. The number of hydrogen-bond acceptors (Lipinski definition) is 6. The van der Waals surface area contributed by atoms with Crippen LogP contribution >= 0.6 is 0 Å². The molecule has 0 atom stereocenters. The van der Waals surface area contributed by atoms with Gasteiger partial charge in [-0.3, -0.25) is 0 Å². The number of aromatic nitrogens is 6. The maximum absolute atomic E-state index is 12.4. The van der Waals surface area contributed by atoms with Gasteiger partial charge in [0.25, 0.3) is 0 Å². The second-order valence-corrected chi connectivity index (χ2v) is 5.09. The number of rotatable bonds is 1. The predicted octanol–water partition coefficient (Wildman–Crippen LogP) is 2.04. The Morgan fingerprint density at radius 1 is 0.800 bits per heavy atom. The zero-order chi connectivity index (χ0) is 15.0. The van der Waals surface area contributed by atoms with Crippen LogP contribution in [0.5, 0.6) is 0 Å². The first-order chi connectivity index (χ1) is 9.18. The van der Waals surface area contributed by atoms with Crippen LogP contribution < -0.4 is 0 Å². The molecular weight excluding hydrogens is 273 g/mol. The van der Waals surface area contributed by atoms with Crippen LogP contribution in [-0.2, 0) is 11.6 Å². The summed E-state index contributed by atoms with van der Waals surface area (Å²) in [5, 5.41) is 15.3. The Kier molecular flexibility index (Phi) is 3.36. The second kappa shape index (κ2) is 4.73. The molecule has 0 spiro atoms. The van der Waals surface area contributed by atoms with Crippen molar-refractivity contribution in [3.05, 3.63) is 23.8 Å². The van der Waals surface area contributed by atoms with Crippen LogP contribution in [0.25, 0.3) is 11.6 Å². The lowest BCUT2D eigenvalue weighted by Gasteiger charge is -2.13. The molecular formula is C11H11F3N6. The molecule has 2 rings (SSSR count). The molecule has 2 aromatic heterocycles. The van der Waals surface area contributed by atoms with Gasteiger partial charge >= 0.3 is 6.18 Å². The third-order valence-corrected chi connectivity index (χ3v) is 2.33. The van der Waals surface area contributed by atoms with Crippen molar-refractivity contribution in [1.29, 1.82) is 0 Å². The van der Waals surface area contributed by atoms with E-state index >= 15 is 0 Å². The van der Waals surface area contributed by atoms with Gasteiger partial charge < -0.3 is 0 Å². The summed E-state index contributed by atoms with van der Waals surface area (Å²) in [6.45, 7) is 5.67. The summed E-state index contributed by atoms with van der Waals surface area (Å²) in [6.07, 6.45) is -3.14. The van der Waals surface area contributed by atoms with Crippen LogP contribution in [0.4, 0.5) is 13.2 Å². The van der Waals surface area contributed by atoms with E-state index < -0.39 is 11.7 Å². The molecule has 0 aliphatic carbocycles. The molecule has 0 saturated carbocycles. The summed E-state index contributed by atoms with van der Waals surface area (Å²) in [5.74, 6) is 0.346. The Morgan fingerprint density at radius 2 is 1.30 bits per heavy atom. The van der Waals surface area contributed by atoms with Gasteiger partial charge in [0.05, 0.1) is 5.56 Å². The lowest BCUT2D eigenvalue weighted by atomic mass is 9.96. The smallest absolute Gasteiger partial charge is 0.233 e. The molecule has 0 fully saturated rings. The van der Waals surface area contributed by atoms with Crippen LogP contribution in [0.2, 0.25) is 0 Å². The average molecular weight is 284 g/mol. The van der Waals surface area contributed by atoms with Crippen molar-refractivity contribution in [3.63, 3.8) is 0 Å². The Labute approximate surface area is 112 Å². The Bertz CT molecular complexity index is 530. The summed E-state index contributed by atoms with van der Waals surface area (Å²) in [6, 6.07) is 0. The van der Waals surface area contributed by atoms with Crippen LogP contribution in [0.15, 0.2) is 12.4 Å². The zero-order valence-corrected chi connectivity index (χ0v) is 11.0. The number of hydrogen-bond donors (Lipinski definition) is 0. The van der Waals surface area contributed by atoms with Crippen molar-refractivity contribution in [2.75, 3.05) is 0 Å². The normalized spacial score (nSPS) is 12.5. The minimum Gasteiger partial charge on any atom is -0.233 e. The lowest BCUT2D eigenvalue weighted by Crippen LogP contribution is -2.18. The van der Waals surface area contributed by atoms with Crippen LogP contribution in [0, 0.1) is 0 Å². The molecule has 106 valence electrons. The first-order valence-electron chi connectivity index (χ1n) is 5.65. The molecule has 20 heavy (non-hydrogen) atoms. The zero-order valence-electron chi connectivity index (χ0n) is 11.0. The largest absolute Gasteiger partial charge is 0.419 e. The molecule has 0 amide bonds. The third-order valence-electron chi connectivity index (χ3n) is 2.33. The maximum atomic E-state index is 12.4. The summed E-state index contributed by atoms with van der Waals surface area (Å²) in [4.78, 5) is 7.14. The molecule has 0 aliphatic rings. The quantitative estimate of drug-likeness (QED) is 0.797. The van der Waals surface area contributed by atoms with E-state index in [1.165, 1.54) is 0 Å². The SMILES string of the molecule is CC(C)(C)c1nnc(-c2ncc(C(F)(F)F)cn2)nn1. The van der Waals surface area contributed by atoms with E-state index in [2.05, 4.69) is 30.4 Å². The fraction of sp³-hybridized carbons (Fsp3) is 0.455. The Morgan fingerprint density at radius 3 is 1.70 bits per heavy atom. The molecule has 0 radical (unpaired) electrons. The third kappa shape index (κ3) is 3.03. The molecule has 0 aromatic carbocycles.